The number of carbonyl (C=O) groups is 2. The van der Waals surface area contributed by atoms with Crippen LogP contribution < -0.4 is 16.0 Å². The first-order chi connectivity index (χ1) is 12.4. The van der Waals surface area contributed by atoms with Crippen LogP contribution in [0.4, 0.5) is 11.4 Å². The number of carbonyl (C=O) groups excluding carboxylic acids is 2. The van der Waals surface area contributed by atoms with E-state index in [0.29, 0.717) is 21.4 Å². The van der Waals surface area contributed by atoms with Gasteiger partial charge in [0, 0.05) is 10.7 Å². The standard InChI is InChI=1S/C18H16Cl2N4O2/c1-10-2-5-12(6-3-10)21-16(25)9-15-17(26)24-18(23-15)22-14-7-4-11(19)8-13(14)20/h2-8,15H,9H2,1H3,(H,21,25)(H2,22,23,24,26). The number of aryl methyl sites for hydroxylation is 1. The van der Waals surface area contributed by atoms with Crippen molar-refractivity contribution in [1.29, 1.82) is 0 Å². The smallest absolute Gasteiger partial charge is 0.252 e. The first-order valence-electron chi connectivity index (χ1n) is 7.88. The normalized spacial score (nSPS) is 16.0. The van der Waals surface area contributed by atoms with Gasteiger partial charge in [-0.2, -0.15) is 0 Å². The molecule has 2 aromatic carbocycles. The third-order valence-electron chi connectivity index (χ3n) is 3.73. The van der Waals surface area contributed by atoms with E-state index >= 15 is 0 Å². The quantitative estimate of drug-likeness (QED) is 0.745. The van der Waals surface area contributed by atoms with Crippen LogP contribution in [0, 0.1) is 6.92 Å². The molecule has 0 saturated carbocycles. The predicted molar refractivity (Wildman–Crippen MR) is 104 cm³/mol. The Kier molecular flexibility index (Phi) is 5.44. The van der Waals surface area contributed by atoms with Crippen molar-refractivity contribution in [3.8, 4) is 0 Å². The zero-order chi connectivity index (χ0) is 18.7. The van der Waals surface area contributed by atoms with Gasteiger partial charge in [-0.3, -0.25) is 14.9 Å². The van der Waals surface area contributed by atoms with Gasteiger partial charge in [-0.25, -0.2) is 4.99 Å². The molecule has 0 radical (unpaired) electrons. The van der Waals surface area contributed by atoms with E-state index in [4.69, 9.17) is 23.2 Å². The lowest BCUT2D eigenvalue weighted by atomic mass is 10.2. The zero-order valence-electron chi connectivity index (χ0n) is 13.8. The maximum Gasteiger partial charge on any atom is 0.252 e. The number of hydrogen-bond donors (Lipinski definition) is 3. The van der Waals surface area contributed by atoms with Crippen LogP contribution in [0.3, 0.4) is 0 Å². The van der Waals surface area contributed by atoms with E-state index in [0.717, 1.165) is 5.56 Å². The van der Waals surface area contributed by atoms with Crippen LogP contribution in [0.15, 0.2) is 47.5 Å². The summed E-state index contributed by atoms with van der Waals surface area (Å²) < 4.78 is 0. The number of nitrogens with zero attached hydrogens (tertiary/aromatic N) is 1. The molecule has 134 valence electrons. The van der Waals surface area contributed by atoms with Crippen molar-refractivity contribution in [2.24, 2.45) is 4.99 Å². The lowest BCUT2D eigenvalue weighted by Crippen LogP contribution is -2.33. The summed E-state index contributed by atoms with van der Waals surface area (Å²) in [7, 11) is 0. The summed E-state index contributed by atoms with van der Waals surface area (Å²) in [6.07, 6.45) is -0.0563. The summed E-state index contributed by atoms with van der Waals surface area (Å²) in [5, 5.41) is 9.17. The number of halogens is 2. The maximum atomic E-state index is 12.1. The van der Waals surface area contributed by atoms with Gasteiger partial charge in [-0.15, -0.1) is 0 Å². The Labute approximate surface area is 160 Å². The highest BCUT2D eigenvalue weighted by Crippen LogP contribution is 2.25. The number of aliphatic imine (C=N–C) groups is 1. The van der Waals surface area contributed by atoms with Crippen LogP contribution >= 0.6 is 23.2 Å². The number of guanidine groups is 1. The molecule has 0 spiro atoms. The molecule has 2 amide bonds. The Morgan fingerprint density at radius 3 is 2.62 bits per heavy atom. The fourth-order valence-electron chi connectivity index (χ4n) is 2.39. The Morgan fingerprint density at radius 1 is 1.19 bits per heavy atom. The van der Waals surface area contributed by atoms with Gasteiger partial charge in [0.05, 0.1) is 17.1 Å². The Balaban J connectivity index is 1.62. The molecule has 0 fully saturated rings. The number of nitrogens with one attached hydrogen (secondary N) is 3. The van der Waals surface area contributed by atoms with Gasteiger partial charge in [-0.1, -0.05) is 40.9 Å². The molecular weight excluding hydrogens is 375 g/mol. The van der Waals surface area contributed by atoms with Crippen LogP contribution in [0.1, 0.15) is 12.0 Å². The van der Waals surface area contributed by atoms with E-state index in [9.17, 15) is 9.59 Å². The van der Waals surface area contributed by atoms with Crippen molar-refractivity contribution in [2.75, 3.05) is 10.6 Å². The third-order valence-corrected chi connectivity index (χ3v) is 4.28. The number of amides is 2. The molecular formula is C18H16Cl2N4O2. The molecule has 8 heteroatoms. The minimum atomic E-state index is -0.797. The predicted octanol–water partition coefficient (Wildman–Crippen LogP) is 3.60. The highest BCUT2D eigenvalue weighted by Gasteiger charge is 2.28. The Bertz CT molecular complexity index is 881. The van der Waals surface area contributed by atoms with Gasteiger partial charge in [-0.05, 0) is 37.3 Å². The Hall–Kier alpha value is -2.57. The molecule has 1 heterocycles. The molecule has 3 N–H and O–H groups in total. The molecule has 1 atom stereocenters. The molecule has 6 nitrogen and oxygen atoms in total. The summed E-state index contributed by atoms with van der Waals surface area (Å²) >= 11 is 11.9. The largest absolute Gasteiger partial charge is 0.326 e. The van der Waals surface area contributed by atoms with E-state index < -0.39 is 6.04 Å². The summed E-state index contributed by atoms with van der Waals surface area (Å²) in [5.41, 5.74) is 2.33. The molecule has 1 aliphatic rings. The van der Waals surface area contributed by atoms with Crippen LogP contribution in [-0.4, -0.2) is 23.8 Å². The average molecular weight is 391 g/mol. The molecule has 3 rings (SSSR count). The number of rotatable bonds is 4. The summed E-state index contributed by atoms with van der Waals surface area (Å²) in [5.74, 6) is -0.396. The highest BCUT2D eigenvalue weighted by atomic mass is 35.5. The summed E-state index contributed by atoms with van der Waals surface area (Å²) in [4.78, 5) is 28.4. The van der Waals surface area contributed by atoms with E-state index in [1.54, 1.807) is 30.3 Å². The second-order valence-electron chi connectivity index (χ2n) is 5.85. The van der Waals surface area contributed by atoms with Gasteiger partial charge >= 0.3 is 0 Å². The van der Waals surface area contributed by atoms with Gasteiger partial charge in [0.1, 0.15) is 6.04 Å². The molecule has 1 aliphatic heterocycles. The first-order valence-corrected chi connectivity index (χ1v) is 8.63. The minimum absolute atomic E-state index is 0.0563. The van der Waals surface area contributed by atoms with Crippen molar-refractivity contribution in [1.82, 2.24) is 5.32 Å². The number of benzene rings is 2. The van der Waals surface area contributed by atoms with E-state index in [1.807, 2.05) is 19.1 Å². The van der Waals surface area contributed by atoms with Crippen LogP contribution in [0.5, 0.6) is 0 Å². The SMILES string of the molecule is Cc1ccc(NC(=O)CC2N=C(Nc3ccc(Cl)cc3Cl)NC2=O)cc1. The molecule has 0 aromatic heterocycles. The molecule has 1 unspecified atom stereocenters. The van der Waals surface area contributed by atoms with Gasteiger partial charge < -0.3 is 10.6 Å². The topological polar surface area (TPSA) is 82.6 Å². The van der Waals surface area contributed by atoms with Crippen molar-refractivity contribution in [3.05, 3.63) is 58.1 Å². The maximum absolute atomic E-state index is 12.1. The van der Waals surface area contributed by atoms with E-state index in [2.05, 4.69) is 20.9 Å². The van der Waals surface area contributed by atoms with Crippen LogP contribution in [0.2, 0.25) is 10.0 Å². The lowest BCUT2D eigenvalue weighted by molar-refractivity contribution is -0.123. The van der Waals surface area contributed by atoms with Crippen molar-refractivity contribution >= 4 is 52.4 Å². The minimum Gasteiger partial charge on any atom is -0.326 e. The molecule has 26 heavy (non-hydrogen) atoms. The average Bonchev–Trinajstić information content (AvgIpc) is 2.92. The van der Waals surface area contributed by atoms with Crippen LogP contribution in [0.25, 0.3) is 0 Å². The van der Waals surface area contributed by atoms with Crippen molar-refractivity contribution in [2.45, 2.75) is 19.4 Å². The third kappa shape index (κ3) is 4.53. The summed E-state index contributed by atoms with van der Waals surface area (Å²) in [6.45, 7) is 1.96. The monoisotopic (exact) mass is 390 g/mol. The number of hydrogen-bond acceptors (Lipinski definition) is 4. The second-order valence-corrected chi connectivity index (χ2v) is 6.69. The van der Waals surface area contributed by atoms with Crippen LogP contribution in [-0.2, 0) is 9.59 Å². The number of anilines is 2. The molecule has 0 saturated heterocycles. The fourth-order valence-corrected chi connectivity index (χ4v) is 2.85. The lowest BCUT2D eigenvalue weighted by Gasteiger charge is -2.07. The van der Waals surface area contributed by atoms with Gasteiger partial charge in [0.25, 0.3) is 5.91 Å². The highest BCUT2D eigenvalue weighted by molar-refractivity contribution is 6.36. The molecule has 0 bridgehead atoms. The molecule has 0 aliphatic carbocycles. The van der Waals surface area contributed by atoms with Gasteiger partial charge in [0.2, 0.25) is 11.9 Å². The summed E-state index contributed by atoms with van der Waals surface area (Å²) in [6, 6.07) is 11.5. The second kappa shape index (κ2) is 7.76. The van der Waals surface area contributed by atoms with E-state index in [1.165, 1.54) is 0 Å². The zero-order valence-corrected chi connectivity index (χ0v) is 15.4. The molecule has 2 aromatic rings. The van der Waals surface area contributed by atoms with Gasteiger partial charge in [0.15, 0.2) is 0 Å². The van der Waals surface area contributed by atoms with E-state index in [-0.39, 0.29) is 24.2 Å². The Morgan fingerprint density at radius 2 is 1.92 bits per heavy atom. The van der Waals surface area contributed by atoms with Crippen molar-refractivity contribution < 1.29 is 9.59 Å². The fraction of sp³-hybridized carbons (Fsp3) is 0.167. The first kappa shape index (κ1) is 18.2. The van der Waals surface area contributed by atoms with Crippen molar-refractivity contribution in [3.63, 3.8) is 0 Å².